The zero-order valence-electron chi connectivity index (χ0n) is 12.0. The van der Waals surface area contributed by atoms with Crippen LogP contribution < -0.4 is 4.90 Å². The van der Waals surface area contributed by atoms with Gasteiger partial charge in [-0.15, -0.1) is 0 Å². The molecule has 5 nitrogen and oxygen atoms in total. The first kappa shape index (κ1) is 13.3. The summed E-state index contributed by atoms with van der Waals surface area (Å²) in [6.07, 6.45) is 9.39. The van der Waals surface area contributed by atoms with Crippen LogP contribution in [0.5, 0.6) is 0 Å². The maximum atomic E-state index is 10.8. The molecule has 1 aliphatic heterocycles. The zero-order valence-corrected chi connectivity index (χ0v) is 12.0. The van der Waals surface area contributed by atoms with Crippen molar-refractivity contribution < 1.29 is 4.92 Å². The molecule has 1 spiro atoms. The monoisotopic (exact) mass is 275 g/mol. The number of hydrogen-bond acceptors (Lipinski definition) is 4. The van der Waals surface area contributed by atoms with Crippen LogP contribution in [0.3, 0.4) is 0 Å². The van der Waals surface area contributed by atoms with Gasteiger partial charge >= 0.3 is 0 Å². The number of nitrogens with zero attached hydrogens (tertiary/aromatic N) is 3. The van der Waals surface area contributed by atoms with Crippen molar-refractivity contribution >= 4 is 11.5 Å². The number of rotatable bonds is 2. The third kappa shape index (κ3) is 2.37. The van der Waals surface area contributed by atoms with Crippen LogP contribution in [-0.4, -0.2) is 23.0 Å². The highest BCUT2D eigenvalue weighted by Crippen LogP contribution is 2.46. The van der Waals surface area contributed by atoms with Crippen LogP contribution in [0.25, 0.3) is 0 Å². The summed E-state index contributed by atoms with van der Waals surface area (Å²) in [7, 11) is 0. The van der Waals surface area contributed by atoms with Crippen LogP contribution in [0.15, 0.2) is 12.3 Å². The molecule has 20 heavy (non-hydrogen) atoms. The van der Waals surface area contributed by atoms with E-state index in [0.29, 0.717) is 5.41 Å². The largest absolute Gasteiger partial charge is 0.356 e. The molecule has 0 unspecified atom stereocenters. The predicted molar refractivity (Wildman–Crippen MR) is 78.0 cm³/mol. The van der Waals surface area contributed by atoms with Gasteiger partial charge in [-0.3, -0.25) is 10.1 Å². The fourth-order valence-electron chi connectivity index (χ4n) is 3.80. The Morgan fingerprint density at radius 2 is 1.90 bits per heavy atom. The van der Waals surface area contributed by atoms with Crippen LogP contribution in [0.2, 0.25) is 0 Å². The van der Waals surface area contributed by atoms with Crippen molar-refractivity contribution in [3.05, 3.63) is 27.9 Å². The van der Waals surface area contributed by atoms with Gasteiger partial charge in [0.25, 0.3) is 5.69 Å². The summed E-state index contributed by atoms with van der Waals surface area (Å²) < 4.78 is 0. The lowest BCUT2D eigenvalue weighted by atomic mass is 9.77. The zero-order chi connectivity index (χ0) is 14.2. The molecule has 1 saturated carbocycles. The van der Waals surface area contributed by atoms with Gasteiger partial charge in [0.1, 0.15) is 12.0 Å². The number of nitro groups is 1. The summed E-state index contributed by atoms with van der Waals surface area (Å²) in [5.74, 6) is 0.920. The van der Waals surface area contributed by atoms with Crippen LogP contribution in [0.1, 0.15) is 44.1 Å². The fraction of sp³-hybridized carbons (Fsp3) is 0.667. The van der Waals surface area contributed by atoms with E-state index < -0.39 is 0 Å². The average Bonchev–Trinajstić information content (AvgIpc) is 2.88. The summed E-state index contributed by atoms with van der Waals surface area (Å²) in [5.41, 5.74) is 1.57. The van der Waals surface area contributed by atoms with E-state index in [-0.39, 0.29) is 10.6 Å². The number of anilines is 1. The summed E-state index contributed by atoms with van der Waals surface area (Å²) in [5, 5.41) is 10.8. The Hall–Kier alpha value is -1.65. The van der Waals surface area contributed by atoms with Gasteiger partial charge in [-0.1, -0.05) is 12.8 Å². The maximum absolute atomic E-state index is 10.8. The number of piperidine rings is 1. The molecule has 0 N–H and O–H groups in total. The molecule has 2 fully saturated rings. The summed E-state index contributed by atoms with van der Waals surface area (Å²) >= 11 is 0. The first-order valence-corrected chi connectivity index (χ1v) is 7.46. The van der Waals surface area contributed by atoms with E-state index in [9.17, 15) is 10.1 Å². The molecule has 0 bridgehead atoms. The molecule has 0 radical (unpaired) electrons. The van der Waals surface area contributed by atoms with E-state index in [2.05, 4.69) is 9.88 Å². The van der Waals surface area contributed by atoms with Gasteiger partial charge in [-0.05, 0) is 43.6 Å². The molecule has 1 aliphatic carbocycles. The summed E-state index contributed by atoms with van der Waals surface area (Å²) in [6.45, 7) is 3.98. The minimum Gasteiger partial charge on any atom is -0.356 e. The number of aryl methyl sites for hydroxylation is 1. The third-order valence-corrected chi connectivity index (χ3v) is 5.03. The van der Waals surface area contributed by atoms with Crippen molar-refractivity contribution in [1.29, 1.82) is 0 Å². The molecular formula is C15H21N3O2. The first-order valence-electron chi connectivity index (χ1n) is 7.46. The number of hydrogen-bond donors (Lipinski definition) is 0. The molecule has 5 heteroatoms. The predicted octanol–water partition coefficient (Wildman–Crippen LogP) is 3.46. The Bertz CT molecular complexity index is 514. The van der Waals surface area contributed by atoms with Gasteiger partial charge < -0.3 is 4.90 Å². The van der Waals surface area contributed by atoms with Gasteiger partial charge in [0.05, 0.1) is 4.92 Å². The minimum atomic E-state index is -0.381. The van der Waals surface area contributed by atoms with E-state index in [0.717, 1.165) is 24.5 Å². The molecule has 0 aromatic carbocycles. The van der Waals surface area contributed by atoms with Crippen molar-refractivity contribution in [2.24, 2.45) is 5.41 Å². The van der Waals surface area contributed by atoms with Gasteiger partial charge in [0, 0.05) is 19.2 Å². The van der Waals surface area contributed by atoms with E-state index in [1.807, 2.05) is 6.92 Å². The van der Waals surface area contributed by atoms with E-state index in [1.54, 1.807) is 6.07 Å². The maximum Gasteiger partial charge on any atom is 0.287 e. The standard InChI is InChI=1S/C15H21N3O2/c1-12-10-13(18(19)20)11-16-14(12)17-8-6-15(7-9-17)4-2-3-5-15/h10-11H,2-9H2,1H3. The number of aromatic nitrogens is 1. The number of pyridine rings is 1. The molecule has 1 aromatic heterocycles. The van der Waals surface area contributed by atoms with Crippen molar-refractivity contribution in [2.75, 3.05) is 18.0 Å². The van der Waals surface area contributed by atoms with E-state index in [4.69, 9.17) is 0 Å². The van der Waals surface area contributed by atoms with Crippen LogP contribution in [0.4, 0.5) is 11.5 Å². The molecule has 108 valence electrons. The highest BCUT2D eigenvalue weighted by atomic mass is 16.6. The normalized spacial score (nSPS) is 21.4. The molecule has 2 aliphatic rings. The van der Waals surface area contributed by atoms with Crippen molar-refractivity contribution in [2.45, 2.75) is 45.4 Å². The Kier molecular flexibility index (Phi) is 3.36. The molecule has 2 heterocycles. The SMILES string of the molecule is Cc1cc([N+](=O)[O-])cnc1N1CCC2(CCCC2)CC1. The average molecular weight is 275 g/mol. The Balaban J connectivity index is 1.73. The lowest BCUT2D eigenvalue weighted by Crippen LogP contribution is -2.39. The van der Waals surface area contributed by atoms with E-state index >= 15 is 0 Å². The highest BCUT2D eigenvalue weighted by molar-refractivity contribution is 5.50. The topological polar surface area (TPSA) is 59.3 Å². The van der Waals surface area contributed by atoms with Crippen LogP contribution in [-0.2, 0) is 0 Å². The van der Waals surface area contributed by atoms with Crippen LogP contribution >= 0.6 is 0 Å². The van der Waals surface area contributed by atoms with Crippen LogP contribution in [0, 0.1) is 22.5 Å². The summed E-state index contributed by atoms with van der Waals surface area (Å²) in [4.78, 5) is 17.0. The second kappa shape index (κ2) is 5.04. The molecule has 0 atom stereocenters. The first-order chi connectivity index (χ1) is 9.60. The van der Waals surface area contributed by atoms with Gasteiger partial charge in [-0.25, -0.2) is 4.98 Å². The molecule has 1 aromatic rings. The third-order valence-electron chi connectivity index (χ3n) is 5.03. The van der Waals surface area contributed by atoms with Gasteiger partial charge in [0.15, 0.2) is 0 Å². The molecule has 3 rings (SSSR count). The quantitative estimate of drug-likeness (QED) is 0.612. The van der Waals surface area contributed by atoms with Crippen molar-refractivity contribution in [3.63, 3.8) is 0 Å². The second-order valence-corrected chi connectivity index (χ2v) is 6.29. The molecule has 0 amide bonds. The van der Waals surface area contributed by atoms with Gasteiger partial charge in [-0.2, -0.15) is 0 Å². The summed E-state index contributed by atoms with van der Waals surface area (Å²) in [6, 6.07) is 1.63. The molecular weight excluding hydrogens is 254 g/mol. The highest BCUT2D eigenvalue weighted by Gasteiger charge is 2.37. The van der Waals surface area contributed by atoms with Crippen molar-refractivity contribution in [3.8, 4) is 0 Å². The van der Waals surface area contributed by atoms with Crippen molar-refractivity contribution in [1.82, 2.24) is 4.98 Å². The smallest absolute Gasteiger partial charge is 0.287 e. The Morgan fingerprint density at radius 3 is 2.45 bits per heavy atom. The second-order valence-electron chi connectivity index (χ2n) is 6.29. The minimum absolute atomic E-state index is 0.0792. The Morgan fingerprint density at radius 1 is 1.25 bits per heavy atom. The lowest BCUT2D eigenvalue weighted by Gasteiger charge is -2.40. The van der Waals surface area contributed by atoms with Gasteiger partial charge in [0.2, 0.25) is 0 Å². The van der Waals surface area contributed by atoms with E-state index in [1.165, 1.54) is 44.7 Å². The molecule has 1 saturated heterocycles. The lowest BCUT2D eigenvalue weighted by molar-refractivity contribution is -0.385. The fourth-order valence-corrected chi connectivity index (χ4v) is 3.80. The Labute approximate surface area is 119 Å².